The molecule has 0 unspecified atom stereocenters. The molecule has 0 atom stereocenters. The number of carbonyl (C=O) groups is 1. The van der Waals surface area contributed by atoms with Crippen LogP contribution in [0, 0.1) is 0 Å². The normalized spacial score (nSPS) is 22.4. The van der Waals surface area contributed by atoms with Gasteiger partial charge in [-0.3, -0.25) is 9.69 Å². The summed E-state index contributed by atoms with van der Waals surface area (Å²) in [5, 5.41) is 0. The molecule has 5 rings (SSSR count). The van der Waals surface area contributed by atoms with E-state index in [0.717, 1.165) is 58.1 Å². The van der Waals surface area contributed by atoms with Crippen molar-refractivity contribution in [3.63, 3.8) is 0 Å². The van der Waals surface area contributed by atoms with Crippen LogP contribution in [0.25, 0.3) is 0 Å². The fourth-order valence-corrected chi connectivity index (χ4v) is 4.40. The first kappa shape index (κ1) is 16.7. The van der Waals surface area contributed by atoms with Gasteiger partial charge < -0.3 is 9.80 Å². The molecule has 0 radical (unpaired) electrons. The van der Waals surface area contributed by atoms with E-state index in [-0.39, 0.29) is 5.41 Å². The summed E-state index contributed by atoms with van der Waals surface area (Å²) in [5.74, 6) is 1.15. The summed E-state index contributed by atoms with van der Waals surface area (Å²) in [7, 11) is 0. The molecular formula is C21H25N5O. The van der Waals surface area contributed by atoms with Gasteiger partial charge in [-0.1, -0.05) is 30.3 Å². The number of hydrogen-bond acceptors (Lipinski definition) is 5. The number of benzene rings is 1. The molecule has 3 aliphatic rings. The molecule has 6 heteroatoms. The van der Waals surface area contributed by atoms with Crippen LogP contribution in [0.15, 0.2) is 48.8 Å². The highest BCUT2D eigenvalue weighted by Crippen LogP contribution is 2.50. The molecule has 1 aromatic heterocycles. The van der Waals surface area contributed by atoms with E-state index in [1.807, 2.05) is 24.3 Å². The number of piperazine rings is 1. The van der Waals surface area contributed by atoms with Gasteiger partial charge in [0.05, 0.1) is 5.41 Å². The van der Waals surface area contributed by atoms with Crippen LogP contribution in [0.5, 0.6) is 0 Å². The molecule has 1 saturated carbocycles. The zero-order valence-corrected chi connectivity index (χ0v) is 15.5. The lowest BCUT2D eigenvalue weighted by Gasteiger charge is -2.49. The molecule has 3 heterocycles. The molecular weight excluding hydrogens is 338 g/mol. The maximum Gasteiger partial charge on any atom is 0.233 e. The lowest BCUT2D eigenvalue weighted by atomic mass is 9.92. The van der Waals surface area contributed by atoms with Crippen LogP contribution in [0.2, 0.25) is 0 Å². The third kappa shape index (κ3) is 2.98. The second kappa shape index (κ2) is 6.60. The number of likely N-dealkylation sites (tertiary alicyclic amines) is 1. The highest BCUT2D eigenvalue weighted by molar-refractivity contribution is 5.92. The summed E-state index contributed by atoms with van der Waals surface area (Å²) in [5.41, 5.74) is 0.963. The quantitative estimate of drug-likeness (QED) is 0.825. The van der Waals surface area contributed by atoms with E-state index in [2.05, 4.69) is 36.8 Å². The Morgan fingerprint density at radius 3 is 2.22 bits per heavy atom. The first-order chi connectivity index (χ1) is 13.3. The van der Waals surface area contributed by atoms with Crippen molar-refractivity contribution in [2.75, 3.05) is 44.2 Å². The minimum absolute atomic E-state index is 0.227. The first-order valence-corrected chi connectivity index (χ1v) is 9.87. The summed E-state index contributed by atoms with van der Waals surface area (Å²) in [6.45, 7) is 5.65. The molecule has 3 fully saturated rings. The number of rotatable bonds is 4. The molecule has 0 N–H and O–H groups in total. The molecule has 27 heavy (non-hydrogen) atoms. The second-order valence-electron chi connectivity index (χ2n) is 7.88. The zero-order chi connectivity index (χ0) is 18.3. The van der Waals surface area contributed by atoms with Crippen molar-refractivity contribution in [2.24, 2.45) is 0 Å². The van der Waals surface area contributed by atoms with Crippen LogP contribution in [0.4, 0.5) is 5.95 Å². The SMILES string of the molecule is O=C(N1CC(N2CCN(c3ncccn3)CC2)C1)C1(c2ccccc2)CC1. The van der Waals surface area contributed by atoms with Gasteiger partial charge in [0.1, 0.15) is 0 Å². The van der Waals surface area contributed by atoms with Gasteiger partial charge in [-0.15, -0.1) is 0 Å². The van der Waals surface area contributed by atoms with Gasteiger partial charge >= 0.3 is 0 Å². The monoisotopic (exact) mass is 363 g/mol. The van der Waals surface area contributed by atoms with Crippen molar-refractivity contribution in [1.82, 2.24) is 19.8 Å². The molecule has 2 saturated heterocycles. The van der Waals surface area contributed by atoms with Gasteiger partial charge in [0.2, 0.25) is 11.9 Å². The average molecular weight is 363 g/mol. The number of amides is 1. The molecule has 2 aliphatic heterocycles. The summed E-state index contributed by atoms with van der Waals surface area (Å²) < 4.78 is 0. The largest absolute Gasteiger partial charge is 0.339 e. The third-order valence-corrected chi connectivity index (χ3v) is 6.30. The number of nitrogens with zero attached hydrogens (tertiary/aromatic N) is 5. The number of hydrogen-bond donors (Lipinski definition) is 0. The molecule has 0 spiro atoms. The number of anilines is 1. The van der Waals surface area contributed by atoms with Crippen LogP contribution >= 0.6 is 0 Å². The molecule has 6 nitrogen and oxygen atoms in total. The van der Waals surface area contributed by atoms with E-state index >= 15 is 0 Å². The highest BCUT2D eigenvalue weighted by Gasteiger charge is 2.55. The Morgan fingerprint density at radius 2 is 1.59 bits per heavy atom. The van der Waals surface area contributed by atoms with E-state index in [9.17, 15) is 4.79 Å². The fourth-order valence-electron chi connectivity index (χ4n) is 4.40. The van der Waals surface area contributed by atoms with Crippen molar-refractivity contribution in [3.05, 3.63) is 54.4 Å². The standard InChI is InChI=1S/C21H25N5O/c27-19(21(7-8-21)17-5-2-1-3-6-17)26-15-18(16-26)24-11-13-25(14-12-24)20-22-9-4-10-23-20/h1-6,9-10,18H,7-8,11-16H2. The minimum atomic E-state index is -0.227. The minimum Gasteiger partial charge on any atom is -0.339 e. The second-order valence-corrected chi connectivity index (χ2v) is 7.88. The Kier molecular flexibility index (Phi) is 4.08. The summed E-state index contributed by atoms with van der Waals surface area (Å²) in [4.78, 5) is 28.6. The van der Waals surface area contributed by atoms with E-state index in [1.54, 1.807) is 12.4 Å². The van der Waals surface area contributed by atoms with Gasteiger partial charge in [-0.25, -0.2) is 9.97 Å². The van der Waals surface area contributed by atoms with E-state index in [1.165, 1.54) is 5.56 Å². The van der Waals surface area contributed by atoms with Crippen molar-refractivity contribution in [2.45, 2.75) is 24.3 Å². The Labute approximate surface area is 159 Å². The first-order valence-electron chi connectivity index (χ1n) is 9.87. The molecule has 140 valence electrons. The Hall–Kier alpha value is -2.47. The average Bonchev–Trinajstić information content (AvgIpc) is 3.51. The maximum absolute atomic E-state index is 13.1. The molecule has 0 bridgehead atoms. The lowest BCUT2D eigenvalue weighted by Crippen LogP contribution is -2.65. The summed E-state index contributed by atoms with van der Waals surface area (Å²) in [6.07, 6.45) is 5.58. The van der Waals surface area contributed by atoms with Crippen LogP contribution in [0.1, 0.15) is 18.4 Å². The lowest BCUT2D eigenvalue weighted by molar-refractivity contribution is -0.141. The van der Waals surface area contributed by atoms with E-state index < -0.39 is 0 Å². The van der Waals surface area contributed by atoms with Crippen molar-refractivity contribution < 1.29 is 4.79 Å². The number of carbonyl (C=O) groups excluding carboxylic acids is 1. The Morgan fingerprint density at radius 1 is 0.926 bits per heavy atom. The van der Waals surface area contributed by atoms with Crippen molar-refractivity contribution in [1.29, 1.82) is 0 Å². The number of aromatic nitrogens is 2. The summed E-state index contributed by atoms with van der Waals surface area (Å²) >= 11 is 0. The van der Waals surface area contributed by atoms with Gasteiger partial charge in [-0.05, 0) is 24.5 Å². The van der Waals surface area contributed by atoms with Crippen molar-refractivity contribution >= 4 is 11.9 Å². The summed E-state index contributed by atoms with van der Waals surface area (Å²) in [6, 6.07) is 12.7. The maximum atomic E-state index is 13.1. The predicted molar refractivity (Wildman–Crippen MR) is 104 cm³/mol. The Balaban J connectivity index is 1.15. The van der Waals surface area contributed by atoms with Crippen LogP contribution in [-0.2, 0) is 10.2 Å². The molecule has 1 amide bonds. The highest BCUT2D eigenvalue weighted by atomic mass is 16.2. The van der Waals surface area contributed by atoms with Crippen LogP contribution in [0.3, 0.4) is 0 Å². The third-order valence-electron chi connectivity index (χ3n) is 6.30. The van der Waals surface area contributed by atoms with E-state index in [4.69, 9.17) is 0 Å². The molecule has 1 aliphatic carbocycles. The molecule has 2 aromatic rings. The van der Waals surface area contributed by atoms with Crippen LogP contribution in [-0.4, -0.2) is 71.0 Å². The zero-order valence-electron chi connectivity index (χ0n) is 15.5. The van der Waals surface area contributed by atoms with Gasteiger partial charge in [0.25, 0.3) is 0 Å². The Bertz CT molecular complexity index is 794. The fraction of sp³-hybridized carbons (Fsp3) is 0.476. The van der Waals surface area contributed by atoms with E-state index in [0.29, 0.717) is 11.9 Å². The van der Waals surface area contributed by atoms with Gasteiger partial charge in [-0.2, -0.15) is 0 Å². The molecule has 1 aromatic carbocycles. The topological polar surface area (TPSA) is 52.6 Å². The predicted octanol–water partition coefficient (Wildman–Crippen LogP) is 1.54. The van der Waals surface area contributed by atoms with Crippen molar-refractivity contribution in [3.8, 4) is 0 Å². The van der Waals surface area contributed by atoms with Crippen LogP contribution < -0.4 is 4.90 Å². The smallest absolute Gasteiger partial charge is 0.233 e. The van der Waals surface area contributed by atoms with Gasteiger partial charge in [0.15, 0.2) is 0 Å². The van der Waals surface area contributed by atoms with Gasteiger partial charge in [0, 0.05) is 57.7 Å².